The highest BCUT2D eigenvalue weighted by Gasteiger charge is 2.61. The summed E-state index contributed by atoms with van der Waals surface area (Å²) in [5, 5.41) is 31.5. The van der Waals surface area contributed by atoms with Crippen LogP contribution in [-0.2, 0) is 135 Å². The number of anilines is 1. The molecule has 23 rings (SSSR count). The second-order valence-corrected chi connectivity index (χ2v) is 46.1. The molecule has 150 heavy (non-hydrogen) atoms. The number of carbonyl (C=O) groups excluding carboxylic acids is 7. The van der Waals surface area contributed by atoms with Crippen molar-refractivity contribution in [3.63, 3.8) is 0 Å². The molecule has 0 fully saturated rings. The van der Waals surface area contributed by atoms with E-state index in [9.17, 15) is 38.0 Å². The van der Waals surface area contributed by atoms with Gasteiger partial charge in [0.15, 0.2) is 34.7 Å². The topological polar surface area (TPSA) is 265 Å². The molecule has 26 nitrogen and oxygen atoms in total. The van der Waals surface area contributed by atoms with E-state index >= 15 is 0 Å². The first kappa shape index (κ1) is 104. The van der Waals surface area contributed by atoms with Crippen molar-refractivity contribution < 1.29 is 38.0 Å². The molecular formula is C123H126FN19O7. The van der Waals surface area contributed by atoms with Crippen molar-refractivity contribution >= 4 is 46.4 Å². The third kappa shape index (κ3) is 16.7. The fourth-order valence-electron chi connectivity index (χ4n) is 28.2. The number of aryl methyl sites for hydroxylation is 7. The van der Waals surface area contributed by atoms with E-state index in [-0.39, 0.29) is 138 Å². The van der Waals surface area contributed by atoms with Crippen LogP contribution in [0.4, 0.5) is 10.2 Å². The standard InChI is InChI=1S/C23H24N4O2.C23H25N3O.C22H22FN3O.C21H21N3O.C20H19N3O.C14H15N3O/c1-22(2)17-12-11-15-18(23(17,3)13-16(24-4)19(22)28)26-27(5)20(15)25-21(29)14-9-7-6-8-10-14;1-14-7-9-15(10-8-14)19-16-11-12-18-22(2,3)21(27)17(24-5)13-23(18,4)20(16)25-26(19)6;1-21(2)17-11-10-14-18(13-8-6-7-9-15(13)23)26(5)25-19(14)22(17,3)12-16(24-4)20(21)27;1-20(2)17-11-10-14-13-23-24(15-8-6-5-7-9-15)18(14)21(17,3)12-16(22-4)19(20)25;1-20-12-16(21-2)17(24)11-14(20)9-10-15-18(23(3)22-19(15)20)13-7-5-4-6-8-13;1-8-10-5-9-7-17(4)16-13(9)14(10,2)6-11(15-3)12(8)18/h6-10,13,17H,11-12H2,1-3,5H3,(H,25,29);7-10,13,18H,11-12H2,1-4,6H3;6-9,12,17H,10-11H2,1-3,5H3;5-9,12-13,17H,10-11H2,1-3H3;4-8,12,14H,9-11H2,1,3H3;6-8,10H,5H2,1-2,4H3/t17-,23-;18-,23-;17-,22-;17-,21-;14-,20-;8-,10-,14-/m000000/s1. The van der Waals surface area contributed by atoms with E-state index in [0.717, 1.165) is 144 Å². The number of carbonyl (C=O) groups is 7. The Balaban J connectivity index is 0.000000118. The average molecular weight is 2000 g/mol. The number of hydrogen-bond donors (Lipinski definition) is 1. The molecule has 12 aliphatic carbocycles. The lowest BCUT2D eigenvalue weighted by molar-refractivity contribution is -0.129. The van der Waals surface area contributed by atoms with Crippen LogP contribution >= 0.6 is 0 Å². The quantitative estimate of drug-likeness (QED) is 0.152. The molecule has 0 radical (unpaired) electrons. The summed E-state index contributed by atoms with van der Waals surface area (Å²) in [6.07, 6.45) is 25.1. The number of nitrogens with zero attached hydrogens (tertiary/aromatic N) is 18. The smallest absolute Gasteiger partial charge is 0.256 e. The van der Waals surface area contributed by atoms with Crippen LogP contribution in [0.15, 0.2) is 223 Å². The Labute approximate surface area is 876 Å². The minimum Gasteiger partial charge on any atom is -0.308 e. The Morgan fingerprint density at radius 3 is 1.29 bits per heavy atom. The first-order valence-electron chi connectivity index (χ1n) is 51.6. The van der Waals surface area contributed by atoms with Gasteiger partial charge in [0.05, 0.1) is 103 Å². The van der Waals surface area contributed by atoms with Crippen LogP contribution in [0, 0.1) is 115 Å². The minimum atomic E-state index is -0.633. The normalized spacial score (nSPS) is 26.8. The summed E-state index contributed by atoms with van der Waals surface area (Å²) in [7, 11) is 9.53. The van der Waals surface area contributed by atoms with Gasteiger partial charge in [0.2, 0.25) is 34.2 Å². The SMILES string of the molecule is [C-]#[N+]C1=C[C@]2(C)c3c(cnn3-c3ccccc3)CC[C@H]2C(C)(C)C1=O.[C-]#[N+]C1=C[C@]2(C)c3nn(C)c(-c4ccc(C)cc4)c3CC[C@H]2C(C)(C)C1=O.[C-]#[N+]C1=C[C@]2(C)c3nn(C)c(-c4ccccc4)c3CC[C@H]2CC1=O.[C-]#[N+]C1=C[C@]2(C)c3nn(C)c(-c4ccccc4F)c3CC[C@H]2C(C)(C)C1=O.[C-]#[N+]C1=C[C@]2(C)c3nn(C)c(NC(=O)c4ccccc4)c3CC[C@H]2C(C)(C)C1=O.[C-]#[N+]C1=C[C@]2(C)c3nn(C)cc3C[C@H]2[C@H](C)C1=O. The number of fused-ring (bicyclic) bond motifs is 18. The summed E-state index contributed by atoms with van der Waals surface area (Å²) < 4.78 is 25.7. The Hall–Kier alpha value is -15.8. The molecule has 0 saturated carbocycles. The predicted molar refractivity (Wildman–Crippen MR) is 572 cm³/mol. The number of allylic oxidation sites excluding steroid dienone is 12. The zero-order chi connectivity index (χ0) is 108. The van der Waals surface area contributed by atoms with Gasteiger partial charge in [-0.15, -0.1) is 0 Å². The molecular weight excluding hydrogens is 1870 g/mol. The zero-order valence-corrected chi connectivity index (χ0v) is 89.2. The number of hydrogen-bond acceptors (Lipinski definition) is 13. The molecule has 1 N–H and O–H groups in total. The van der Waals surface area contributed by atoms with Crippen LogP contribution in [0.5, 0.6) is 0 Å². The Morgan fingerprint density at radius 1 is 0.400 bits per heavy atom. The number of halogens is 1. The maximum absolute atomic E-state index is 14.5. The summed E-state index contributed by atoms with van der Waals surface area (Å²) in [5.74, 6) is 0.760. The van der Waals surface area contributed by atoms with Crippen molar-refractivity contribution in [3.8, 4) is 39.5 Å². The Kier molecular flexibility index (Phi) is 26.4. The van der Waals surface area contributed by atoms with E-state index in [2.05, 4.69) is 129 Å². The fraction of sp³-hybridized carbons (Fsp3) is 0.407. The lowest BCUT2D eigenvalue weighted by Gasteiger charge is -2.50. The number of benzene rings is 5. The van der Waals surface area contributed by atoms with Gasteiger partial charge in [-0.2, -0.15) is 30.6 Å². The van der Waals surface area contributed by atoms with Gasteiger partial charge in [-0.1, -0.05) is 249 Å². The van der Waals surface area contributed by atoms with Crippen molar-refractivity contribution in [2.24, 2.45) is 98.3 Å². The highest BCUT2D eigenvalue weighted by molar-refractivity contribution is 6.07. The molecule has 6 heterocycles. The molecule has 11 aromatic rings. The molecule has 13 atom stereocenters. The second-order valence-electron chi connectivity index (χ2n) is 46.1. The summed E-state index contributed by atoms with van der Waals surface area (Å²) >= 11 is 0. The maximum atomic E-state index is 14.5. The Bertz CT molecular complexity index is 7990. The van der Waals surface area contributed by atoms with Gasteiger partial charge in [-0.25, -0.2) is 38.1 Å². The van der Waals surface area contributed by atoms with Crippen LogP contribution in [0.2, 0.25) is 0 Å². The second kappa shape index (κ2) is 38.1. The van der Waals surface area contributed by atoms with E-state index in [0.29, 0.717) is 23.4 Å². The van der Waals surface area contributed by atoms with Gasteiger partial charge >= 0.3 is 0 Å². The van der Waals surface area contributed by atoms with Crippen molar-refractivity contribution in [3.05, 3.63) is 376 Å². The van der Waals surface area contributed by atoms with Crippen molar-refractivity contribution in [1.29, 1.82) is 0 Å². The van der Waals surface area contributed by atoms with Crippen molar-refractivity contribution in [2.45, 2.75) is 220 Å². The third-order valence-corrected chi connectivity index (χ3v) is 35.7. The van der Waals surface area contributed by atoms with Gasteiger partial charge in [0.1, 0.15) is 11.6 Å². The van der Waals surface area contributed by atoms with E-state index < -0.39 is 37.9 Å². The van der Waals surface area contributed by atoms with E-state index in [4.69, 9.17) is 59.8 Å². The maximum Gasteiger partial charge on any atom is 0.256 e. The van der Waals surface area contributed by atoms with Crippen LogP contribution in [-0.4, -0.2) is 99.3 Å². The number of aromatic nitrogens is 12. The van der Waals surface area contributed by atoms with Gasteiger partial charge in [0.25, 0.3) is 5.91 Å². The van der Waals surface area contributed by atoms with Crippen LogP contribution in [0.1, 0.15) is 226 Å². The fourth-order valence-corrected chi connectivity index (χ4v) is 28.2. The lowest BCUT2D eigenvalue weighted by Crippen LogP contribution is -2.51. The molecule has 0 spiro atoms. The van der Waals surface area contributed by atoms with Crippen molar-refractivity contribution in [1.82, 2.24) is 58.7 Å². The molecule has 5 aromatic carbocycles. The average Bonchev–Trinajstić information content (AvgIpc) is 1.42. The molecule has 12 aliphatic rings. The summed E-state index contributed by atoms with van der Waals surface area (Å²) in [5.41, 5.74) is 18.3. The van der Waals surface area contributed by atoms with E-state index in [1.807, 2.05) is 226 Å². The number of para-hydroxylation sites is 1. The number of nitrogens with one attached hydrogen (secondary N) is 1. The first-order valence-corrected chi connectivity index (χ1v) is 51.6. The largest absolute Gasteiger partial charge is 0.308 e. The number of Topliss-reactive ketones (excluding diaryl/α,β-unsaturated/α-hetero) is 6. The number of rotatable bonds is 6. The van der Waals surface area contributed by atoms with E-state index in [1.165, 1.54) is 39.4 Å². The Morgan fingerprint density at radius 2 is 0.793 bits per heavy atom. The highest BCUT2D eigenvalue weighted by atomic mass is 19.1. The van der Waals surface area contributed by atoms with Crippen LogP contribution in [0.25, 0.3) is 68.5 Å². The van der Waals surface area contributed by atoms with Crippen LogP contribution < -0.4 is 5.32 Å². The summed E-state index contributed by atoms with van der Waals surface area (Å²) in [6, 6.07) is 44.7. The predicted octanol–water partition coefficient (Wildman–Crippen LogP) is 22.7. The molecule has 762 valence electrons. The molecule has 0 aliphatic heterocycles. The van der Waals surface area contributed by atoms with Gasteiger partial charge in [-0.3, -0.25) is 28.2 Å². The molecule has 0 saturated heterocycles. The number of amides is 1. The molecule has 27 heteroatoms. The van der Waals surface area contributed by atoms with E-state index in [1.54, 1.807) is 45.8 Å². The highest BCUT2D eigenvalue weighted by Crippen LogP contribution is 2.62. The van der Waals surface area contributed by atoms with Gasteiger partial charge in [-0.05, 0) is 161 Å². The number of ketones is 6. The summed E-state index contributed by atoms with van der Waals surface area (Å²) in [6.45, 7) is 76.7. The van der Waals surface area contributed by atoms with Gasteiger partial charge in [0, 0.05) is 152 Å². The molecule has 0 bridgehead atoms. The third-order valence-electron chi connectivity index (χ3n) is 35.7. The molecule has 6 aromatic heterocycles. The van der Waals surface area contributed by atoms with Crippen molar-refractivity contribution in [2.75, 3.05) is 5.32 Å². The summed E-state index contributed by atoms with van der Waals surface area (Å²) in [4.78, 5) is 109. The zero-order valence-electron chi connectivity index (χ0n) is 89.2. The minimum absolute atomic E-state index is 0.0120. The lowest BCUT2D eigenvalue weighted by atomic mass is 9.53. The van der Waals surface area contributed by atoms with Crippen LogP contribution in [0.3, 0.4) is 0 Å². The molecule has 1 amide bonds. The molecule has 0 unspecified atom stereocenters. The first-order chi connectivity index (χ1) is 71.0. The van der Waals surface area contributed by atoms with Gasteiger partial charge < -0.3 is 34.1 Å². The monoisotopic (exact) mass is 2000 g/mol.